The first-order valence-electron chi connectivity index (χ1n) is 14.0. The third kappa shape index (κ3) is 3.19. The fourth-order valence-corrected chi connectivity index (χ4v) is 9.96. The van der Waals surface area contributed by atoms with Gasteiger partial charge in [0.1, 0.15) is 6.10 Å². The molecule has 2 N–H and O–H groups in total. The average Bonchev–Trinajstić information content (AvgIpc) is 3.02. The minimum absolute atomic E-state index is 0.0335. The fourth-order valence-electron chi connectivity index (χ4n) is 9.96. The number of ether oxygens (including phenoxy) is 1. The highest BCUT2D eigenvalue weighted by Gasteiger charge is 2.64. The number of aliphatic hydroxyl groups is 2. The van der Waals surface area contributed by atoms with Gasteiger partial charge in [-0.1, -0.05) is 45.8 Å². The standard InChI is InChI=1S/C30H48O4/c1-26(2)22-10-9-21-20(28(22,5)15-14-23(26)31)13-17-29(6)19(12-16-30(21,29)7)18-8-11-24(27(3,4)33)34-25(18)32/h18-19,22-24,31,33H,8-17H2,1-7H3/t18-,19-,22+,23+,24-,28-,29-,30+/m1/s1. The van der Waals surface area contributed by atoms with E-state index in [9.17, 15) is 15.0 Å². The van der Waals surface area contributed by atoms with Gasteiger partial charge in [-0.2, -0.15) is 0 Å². The van der Waals surface area contributed by atoms with Gasteiger partial charge in [0.2, 0.25) is 0 Å². The zero-order chi connectivity index (χ0) is 24.9. The van der Waals surface area contributed by atoms with Gasteiger partial charge in [0.05, 0.1) is 17.6 Å². The fraction of sp³-hybridized carbons (Fsp3) is 0.900. The first kappa shape index (κ1) is 24.8. The maximum absolute atomic E-state index is 13.2. The number of allylic oxidation sites excluding steroid dienone is 2. The van der Waals surface area contributed by atoms with Crippen molar-refractivity contribution in [2.45, 2.75) is 130 Å². The highest BCUT2D eigenvalue weighted by atomic mass is 16.6. The predicted octanol–water partition coefficient (Wildman–Crippen LogP) is 6.19. The number of fused-ring (bicyclic) bond motifs is 4. The number of cyclic esters (lactones) is 1. The van der Waals surface area contributed by atoms with Crippen LogP contribution in [0.2, 0.25) is 0 Å². The van der Waals surface area contributed by atoms with Crippen molar-refractivity contribution >= 4 is 5.97 Å². The summed E-state index contributed by atoms with van der Waals surface area (Å²) < 4.78 is 5.84. The molecule has 192 valence electrons. The van der Waals surface area contributed by atoms with Crippen LogP contribution in [0.15, 0.2) is 11.1 Å². The summed E-state index contributed by atoms with van der Waals surface area (Å²) in [7, 11) is 0. The lowest BCUT2D eigenvalue weighted by atomic mass is 9.43. The molecule has 4 heteroatoms. The molecule has 5 aliphatic rings. The number of esters is 1. The molecule has 1 saturated heterocycles. The number of aliphatic hydroxyl groups excluding tert-OH is 1. The lowest BCUT2D eigenvalue weighted by molar-refractivity contribution is -0.181. The van der Waals surface area contributed by atoms with E-state index in [0.29, 0.717) is 11.8 Å². The Morgan fingerprint density at radius 3 is 2.24 bits per heavy atom. The molecule has 0 amide bonds. The molecule has 4 aliphatic carbocycles. The molecule has 0 aromatic rings. The summed E-state index contributed by atoms with van der Waals surface area (Å²) in [6, 6.07) is 0. The van der Waals surface area contributed by atoms with Gasteiger partial charge in [-0.3, -0.25) is 4.79 Å². The van der Waals surface area contributed by atoms with Crippen molar-refractivity contribution < 1.29 is 19.7 Å². The van der Waals surface area contributed by atoms with E-state index in [2.05, 4.69) is 34.6 Å². The van der Waals surface area contributed by atoms with Crippen LogP contribution in [0.3, 0.4) is 0 Å². The molecule has 0 radical (unpaired) electrons. The first-order chi connectivity index (χ1) is 15.7. The second-order valence-electron chi connectivity index (χ2n) is 14.5. The largest absolute Gasteiger partial charge is 0.459 e. The monoisotopic (exact) mass is 472 g/mol. The summed E-state index contributed by atoms with van der Waals surface area (Å²) in [6.07, 6.45) is 9.90. The maximum Gasteiger partial charge on any atom is 0.309 e. The van der Waals surface area contributed by atoms with E-state index >= 15 is 0 Å². The molecule has 4 nitrogen and oxygen atoms in total. The van der Waals surface area contributed by atoms with Crippen molar-refractivity contribution in [3.63, 3.8) is 0 Å². The summed E-state index contributed by atoms with van der Waals surface area (Å²) in [5.74, 6) is 0.785. The Kier molecular flexibility index (Phi) is 5.52. The molecule has 3 fully saturated rings. The smallest absolute Gasteiger partial charge is 0.309 e. The molecule has 5 rings (SSSR count). The highest BCUT2D eigenvalue weighted by molar-refractivity contribution is 5.74. The van der Waals surface area contributed by atoms with Crippen LogP contribution in [0.5, 0.6) is 0 Å². The third-order valence-electron chi connectivity index (χ3n) is 12.4. The van der Waals surface area contributed by atoms with E-state index in [0.717, 1.165) is 51.4 Å². The third-order valence-corrected chi connectivity index (χ3v) is 12.4. The molecule has 1 aliphatic heterocycles. The van der Waals surface area contributed by atoms with Crippen molar-refractivity contribution in [2.24, 2.45) is 39.4 Å². The lowest BCUT2D eigenvalue weighted by Crippen LogP contribution is -2.55. The lowest BCUT2D eigenvalue weighted by Gasteiger charge is -2.62. The molecular formula is C30H48O4. The van der Waals surface area contributed by atoms with E-state index < -0.39 is 11.7 Å². The van der Waals surface area contributed by atoms with Crippen LogP contribution in [0, 0.1) is 39.4 Å². The van der Waals surface area contributed by atoms with E-state index in [1.54, 1.807) is 25.0 Å². The number of hydrogen-bond acceptors (Lipinski definition) is 4. The SMILES string of the molecule is CC(C)(O)[C@H]1CC[C@H]([C@H]2CC[C@@]3(C)C4=C(CC[C@]23C)[C@@]2(C)CC[C@H](O)C(C)(C)[C@@H]2CC4)C(=O)O1. The van der Waals surface area contributed by atoms with Gasteiger partial charge in [0.15, 0.2) is 0 Å². The van der Waals surface area contributed by atoms with Crippen molar-refractivity contribution in [3.8, 4) is 0 Å². The molecule has 0 aromatic heterocycles. The zero-order valence-corrected chi connectivity index (χ0v) is 22.7. The Balaban J connectivity index is 1.46. The summed E-state index contributed by atoms with van der Waals surface area (Å²) in [4.78, 5) is 13.2. The van der Waals surface area contributed by atoms with Crippen LogP contribution in [-0.4, -0.2) is 34.0 Å². The van der Waals surface area contributed by atoms with Crippen LogP contribution >= 0.6 is 0 Å². The second kappa shape index (κ2) is 7.57. The minimum Gasteiger partial charge on any atom is -0.459 e. The summed E-state index contributed by atoms with van der Waals surface area (Å²) in [5, 5.41) is 21.2. The maximum atomic E-state index is 13.2. The van der Waals surface area contributed by atoms with Gasteiger partial charge in [0.25, 0.3) is 0 Å². The number of carbonyl (C=O) groups excluding carboxylic acids is 1. The highest BCUT2D eigenvalue weighted by Crippen LogP contribution is 2.72. The van der Waals surface area contributed by atoms with Crippen molar-refractivity contribution in [2.75, 3.05) is 0 Å². The Bertz CT molecular complexity index is 896. The first-order valence-corrected chi connectivity index (χ1v) is 14.0. The van der Waals surface area contributed by atoms with Crippen molar-refractivity contribution in [1.29, 1.82) is 0 Å². The van der Waals surface area contributed by atoms with E-state index in [-0.39, 0.29) is 39.7 Å². The van der Waals surface area contributed by atoms with Gasteiger partial charge in [-0.25, -0.2) is 0 Å². The van der Waals surface area contributed by atoms with Gasteiger partial charge in [0, 0.05) is 0 Å². The Morgan fingerprint density at radius 2 is 1.59 bits per heavy atom. The molecular weight excluding hydrogens is 424 g/mol. The predicted molar refractivity (Wildman–Crippen MR) is 134 cm³/mol. The van der Waals surface area contributed by atoms with E-state index in [4.69, 9.17) is 4.74 Å². The molecule has 8 atom stereocenters. The van der Waals surface area contributed by atoms with Crippen molar-refractivity contribution in [1.82, 2.24) is 0 Å². The van der Waals surface area contributed by atoms with Crippen LogP contribution < -0.4 is 0 Å². The van der Waals surface area contributed by atoms with Crippen molar-refractivity contribution in [3.05, 3.63) is 11.1 Å². The topological polar surface area (TPSA) is 66.8 Å². The normalized spacial score (nSPS) is 48.6. The van der Waals surface area contributed by atoms with Crippen LogP contribution in [-0.2, 0) is 9.53 Å². The zero-order valence-electron chi connectivity index (χ0n) is 22.7. The molecule has 1 heterocycles. The second-order valence-corrected chi connectivity index (χ2v) is 14.5. The van der Waals surface area contributed by atoms with Crippen LogP contribution in [0.25, 0.3) is 0 Å². The van der Waals surface area contributed by atoms with E-state index in [1.807, 2.05) is 0 Å². The average molecular weight is 473 g/mol. The number of carbonyl (C=O) groups is 1. The molecule has 2 saturated carbocycles. The van der Waals surface area contributed by atoms with Gasteiger partial charge in [-0.15, -0.1) is 0 Å². The Labute approximate surface area is 206 Å². The van der Waals surface area contributed by atoms with E-state index in [1.165, 1.54) is 12.8 Å². The number of hydrogen-bond donors (Lipinski definition) is 2. The molecule has 0 bridgehead atoms. The minimum atomic E-state index is -0.977. The van der Waals surface area contributed by atoms with Gasteiger partial charge in [-0.05, 0) is 112 Å². The quantitative estimate of drug-likeness (QED) is 0.371. The molecule has 34 heavy (non-hydrogen) atoms. The Hall–Kier alpha value is -0.870. The van der Waals surface area contributed by atoms with Crippen LogP contribution in [0.1, 0.15) is 113 Å². The number of rotatable bonds is 2. The molecule has 0 aromatic carbocycles. The van der Waals surface area contributed by atoms with Crippen LogP contribution in [0.4, 0.5) is 0 Å². The summed E-state index contributed by atoms with van der Waals surface area (Å²) in [5.41, 5.74) is 2.88. The Morgan fingerprint density at radius 1 is 0.882 bits per heavy atom. The summed E-state index contributed by atoms with van der Waals surface area (Å²) >= 11 is 0. The molecule has 0 spiro atoms. The summed E-state index contributed by atoms with van der Waals surface area (Å²) in [6.45, 7) is 15.6. The molecule has 0 unspecified atom stereocenters. The van der Waals surface area contributed by atoms with Gasteiger partial charge < -0.3 is 14.9 Å². The van der Waals surface area contributed by atoms with Gasteiger partial charge >= 0.3 is 5.97 Å².